The van der Waals surface area contributed by atoms with Crippen LogP contribution in [-0.2, 0) is 16.0 Å². The van der Waals surface area contributed by atoms with Crippen LogP contribution in [0.4, 0.5) is 0 Å². The van der Waals surface area contributed by atoms with Crippen LogP contribution in [0.25, 0.3) is 0 Å². The van der Waals surface area contributed by atoms with Gasteiger partial charge in [0.05, 0.1) is 0 Å². The van der Waals surface area contributed by atoms with Gasteiger partial charge in [-0.25, -0.2) is 4.98 Å². The van der Waals surface area contributed by atoms with Crippen LogP contribution in [0.5, 0.6) is 0 Å². The first-order valence-electron chi connectivity index (χ1n) is 4.07. The minimum absolute atomic E-state index is 0.103. The molecule has 0 fully saturated rings. The third-order valence-corrected chi connectivity index (χ3v) is 1.51. The summed E-state index contributed by atoms with van der Waals surface area (Å²) in [6, 6.07) is 0. The molecule has 72 valence electrons. The van der Waals surface area contributed by atoms with E-state index in [0.29, 0.717) is 13.0 Å². The third kappa shape index (κ3) is 3.71. The highest BCUT2D eigenvalue weighted by molar-refractivity contribution is 5.77. The number of rotatable bonds is 5. The summed E-state index contributed by atoms with van der Waals surface area (Å²) in [5, 5.41) is 2.70. The zero-order valence-corrected chi connectivity index (χ0v) is 7.54. The molecule has 1 aromatic rings. The topological polar surface area (TPSA) is 67.0 Å². The maximum absolute atomic E-state index is 10.9. The van der Waals surface area contributed by atoms with E-state index in [1.165, 1.54) is 7.11 Å². The zero-order chi connectivity index (χ0) is 9.52. The Morgan fingerprint density at radius 1 is 1.77 bits per heavy atom. The Hall–Kier alpha value is -1.36. The van der Waals surface area contributed by atoms with Crippen molar-refractivity contribution < 1.29 is 9.53 Å². The molecule has 0 aliphatic carbocycles. The Morgan fingerprint density at radius 2 is 2.62 bits per heavy atom. The molecule has 0 aliphatic rings. The number of imidazole rings is 1. The van der Waals surface area contributed by atoms with E-state index in [2.05, 4.69) is 20.0 Å². The fraction of sp³-hybridized carbons (Fsp3) is 0.500. The van der Waals surface area contributed by atoms with Crippen molar-refractivity contribution in [2.24, 2.45) is 0 Å². The molecule has 0 unspecified atom stereocenters. The molecule has 0 atom stereocenters. The predicted molar refractivity (Wildman–Crippen MR) is 47.2 cm³/mol. The van der Waals surface area contributed by atoms with E-state index in [-0.39, 0.29) is 12.5 Å². The van der Waals surface area contributed by atoms with Gasteiger partial charge in [-0.3, -0.25) is 4.79 Å². The maximum atomic E-state index is 10.9. The second kappa shape index (κ2) is 5.31. The van der Waals surface area contributed by atoms with Gasteiger partial charge in [0.1, 0.15) is 12.4 Å². The number of carbonyl (C=O) groups excluding carboxylic acids is 1. The summed E-state index contributed by atoms with van der Waals surface area (Å²) in [6.45, 7) is 0.688. The van der Waals surface area contributed by atoms with Gasteiger partial charge in [-0.1, -0.05) is 0 Å². The second-order valence-electron chi connectivity index (χ2n) is 2.57. The highest BCUT2D eigenvalue weighted by Gasteiger charge is 1.99. The zero-order valence-electron chi connectivity index (χ0n) is 7.54. The van der Waals surface area contributed by atoms with Crippen LogP contribution in [0.1, 0.15) is 5.82 Å². The molecule has 0 bridgehead atoms. The maximum Gasteiger partial charge on any atom is 0.245 e. The van der Waals surface area contributed by atoms with Gasteiger partial charge >= 0.3 is 0 Å². The number of H-pyrrole nitrogens is 1. The summed E-state index contributed by atoms with van der Waals surface area (Å²) in [6.07, 6.45) is 4.15. The molecular weight excluding hydrogens is 170 g/mol. The van der Waals surface area contributed by atoms with Crippen LogP contribution in [0.15, 0.2) is 12.4 Å². The Bertz CT molecular complexity index is 246. The van der Waals surface area contributed by atoms with Crippen LogP contribution in [0.2, 0.25) is 0 Å². The standard InChI is InChI=1S/C8H13N3O2/c1-13-6-8(12)11-3-2-7-9-4-5-10-7/h4-5H,2-3,6H2,1H3,(H,9,10)(H,11,12). The monoisotopic (exact) mass is 183 g/mol. The average molecular weight is 183 g/mol. The van der Waals surface area contributed by atoms with Crippen molar-refractivity contribution in [1.29, 1.82) is 0 Å². The lowest BCUT2D eigenvalue weighted by molar-refractivity contribution is -0.124. The molecule has 1 aromatic heterocycles. The van der Waals surface area contributed by atoms with Gasteiger partial charge in [0.15, 0.2) is 0 Å². The number of nitrogens with one attached hydrogen (secondary N) is 2. The van der Waals surface area contributed by atoms with Crippen molar-refractivity contribution in [3.63, 3.8) is 0 Å². The molecule has 0 saturated carbocycles. The minimum Gasteiger partial charge on any atom is -0.375 e. The van der Waals surface area contributed by atoms with E-state index < -0.39 is 0 Å². The van der Waals surface area contributed by atoms with Gasteiger partial charge in [-0.05, 0) is 0 Å². The van der Waals surface area contributed by atoms with Crippen molar-refractivity contribution in [3.05, 3.63) is 18.2 Å². The van der Waals surface area contributed by atoms with Crippen molar-refractivity contribution in [3.8, 4) is 0 Å². The van der Waals surface area contributed by atoms with E-state index in [1.807, 2.05) is 0 Å². The van der Waals surface area contributed by atoms with Crippen molar-refractivity contribution >= 4 is 5.91 Å². The van der Waals surface area contributed by atoms with Crippen LogP contribution in [0, 0.1) is 0 Å². The van der Waals surface area contributed by atoms with Gasteiger partial charge < -0.3 is 15.0 Å². The number of nitrogens with zero attached hydrogens (tertiary/aromatic N) is 1. The van der Waals surface area contributed by atoms with Crippen LogP contribution < -0.4 is 5.32 Å². The van der Waals surface area contributed by atoms with Gasteiger partial charge in [-0.15, -0.1) is 0 Å². The van der Waals surface area contributed by atoms with Gasteiger partial charge in [0, 0.05) is 32.5 Å². The molecule has 0 saturated heterocycles. The molecule has 0 aliphatic heterocycles. The highest BCUT2D eigenvalue weighted by atomic mass is 16.5. The fourth-order valence-electron chi connectivity index (χ4n) is 0.937. The predicted octanol–water partition coefficient (Wildman–Crippen LogP) is -0.285. The molecule has 13 heavy (non-hydrogen) atoms. The van der Waals surface area contributed by atoms with E-state index >= 15 is 0 Å². The number of amides is 1. The van der Waals surface area contributed by atoms with Gasteiger partial charge in [0.25, 0.3) is 0 Å². The van der Waals surface area contributed by atoms with Crippen molar-refractivity contribution in [1.82, 2.24) is 15.3 Å². The van der Waals surface area contributed by atoms with E-state index in [1.54, 1.807) is 12.4 Å². The Balaban J connectivity index is 2.11. The Morgan fingerprint density at radius 3 is 3.23 bits per heavy atom. The number of methoxy groups -OCH3 is 1. The lowest BCUT2D eigenvalue weighted by Gasteiger charge is -2.01. The number of carbonyl (C=O) groups is 1. The third-order valence-electron chi connectivity index (χ3n) is 1.51. The highest BCUT2D eigenvalue weighted by Crippen LogP contribution is 1.87. The minimum atomic E-state index is -0.103. The molecule has 0 spiro atoms. The number of aromatic amines is 1. The molecule has 0 aromatic carbocycles. The second-order valence-corrected chi connectivity index (χ2v) is 2.57. The molecule has 5 nitrogen and oxygen atoms in total. The molecule has 1 rings (SSSR count). The normalized spacial score (nSPS) is 9.92. The SMILES string of the molecule is COCC(=O)NCCc1ncc[nH]1. The van der Waals surface area contributed by atoms with Crippen LogP contribution in [0.3, 0.4) is 0 Å². The molecule has 1 heterocycles. The van der Waals surface area contributed by atoms with Crippen molar-refractivity contribution in [2.75, 3.05) is 20.3 Å². The van der Waals surface area contributed by atoms with Gasteiger partial charge in [0.2, 0.25) is 5.91 Å². The summed E-state index contributed by atoms with van der Waals surface area (Å²) in [4.78, 5) is 17.9. The first-order valence-corrected chi connectivity index (χ1v) is 4.07. The molecule has 1 amide bonds. The molecule has 5 heteroatoms. The lowest BCUT2D eigenvalue weighted by atomic mass is 10.4. The fourth-order valence-corrected chi connectivity index (χ4v) is 0.937. The largest absolute Gasteiger partial charge is 0.375 e. The Kier molecular flexibility index (Phi) is 3.98. The first kappa shape index (κ1) is 9.73. The number of ether oxygens (including phenoxy) is 1. The van der Waals surface area contributed by atoms with E-state index in [0.717, 1.165) is 5.82 Å². The molecule has 2 N–H and O–H groups in total. The Labute approximate surface area is 76.5 Å². The summed E-state index contributed by atoms with van der Waals surface area (Å²) in [7, 11) is 1.49. The summed E-state index contributed by atoms with van der Waals surface area (Å²) in [5.41, 5.74) is 0. The first-order chi connectivity index (χ1) is 6.33. The smallest absolute Gasteiger partial charge is 0.245 e. The molecule has 0 radical (unpaired) electrons. The summed E-state index contributed by atoms with van der Waals surface area (Å²) < 4.78 is 4.66. The van der Waals surface area contributed by atoms with Crippen LogP contribution in [-0.4, -0.2) is 36.1 Å². The van der Waals surface area contributed by atoms with Crippen molar-refractivity contribution in [2.45, 2.75) is 6.42 Å². The average Bonchev–Trinajstić information content (AvgIpc) is 2.57. The molecular formula is C8H13N3O2. The van der Waals surface area contributed by atoms with E-state index in [4.69, 9.17) is 0 Å². The lowest BCUT2D eigenvalue weighted by Crippen LogP contribution is -2.29. The summed E-state index contributed by atoms with van der Waals surface area (Å²) >= 11 is 0. The summed E-state index contributed by atoms with van der Waals surface area (Å²) in [5.74, 6) is 0.770. The number of hydrogen-bond donors (Lipinski definition) is 2. The van der Waals surface area contributed by atoms with E-state index in [9.17, 15) is 4.79 Å². The quantitative estimate of drug-likeness (QED) is 0.659. The number of aromatic nitrogens is 2. The van der Waals surface area contributed by atoms with Gasteiger partial charge in [-0.2, -0.15) is 0 Å². The van der Waals surface area contributed by atoms with Crippen LogP contribution >= 0.6 is 0 Å². The number of hydrogen-bond acceptors (Lipinski definition) is 3.